The fourth-order valence-corrected chi connectivity index (χ4v) is 2.92. The molecule has 2 aliphatic rings. The number of methoxy groups -OCH3 is 1. The highest BCUT2D eigenvalue weighted by molar-refractivity contribution is 5.89. The van der Waals surface area contributed by atoms with E-state index in [0.717, 1.165) is 13.0 Å². The molecule has 0 aromatic rings. The first-order valence-corrected chi connectivity index (χ1v) is 7.46. The number of likely N-dealkylation sites (tertiary alicyclic amines) is 1. The van der Waals surface area contributed by atoms with Crippen molar-refractivity contribution < 1.29 is 19.1 Å². The van der Waals surface area contributed by atoms with Crippen molar-refractivity contribution in [3.05, 3.63) is 0 Å². The highest BCUT2D eigenvalue weighted by Gasteiger charge is 2.37. The fourth-order valence-electron chi connectivity index (χ4n) is 2.92. The maximum absolute atomic E-state index is 12.5. The third kappa shape index (κ3) is 3.46. The first-order valence-electron chi connectivity index (χ1n) is 7.46. The van der Waals surface area contributed by atoms with Gasteiger partial charge in [-0.3, -0.25) is 9.59 Å². The average molecular weight is 297 g/mol. The number of amides is 3. The van der Waals surface area contributed by atoms with E-state index in [0.29, 0.717) is 39.1 Å². The van der Waals surface area contributed by atoms with Gasteiger partial charge in [0.2, 0.25) is 11.8 Å². The number of carbonyl (C=O) groups excluding carboxylic acids is 3. The van der Waals surface area contributed by atoms with Crippen LogP contribution in [0, 0.1) is 5.92 Å². The topological polar surface area (TPSA) is 70.2 Å². The van der Waals surface area contributed by atoms with E-state index >= 15 is 0 Å². The minimum atomic E-state index is -0.354. The Labute approximate surface area is 124 Å². The van der Waals surface area contributed by atoms with Crippen LogP contribution in [0.3, 0.4) is 0 Å². The summed E-state index contributed by atoms with van der Waals surface area (Å²) in [6, 6.07) is 0. The van der Waals surface area contributed by atoms with Crippen LogP contribution in [0.5, 0.6) is 0 Å². The van der Waals surface area contributed by atoms with Gasteiger partial charge in [-0.15, -0.1) is 0 Å². The number of hydrogen-bond acceptors (Lipinski definition) is 4. The van der Waals surface area contributed by atoms with Gasteiger partial charge in [0.1, 0.15) is 0 Å². The Morgan fingerprint density at radius 1 is 1.19 bits per heavy atom. The molecule has 0 N–H and O–H groups in total. The molecule has 0 bridgehead atoms. The molecular formula is C14H23N3O4. The summed E-state index contributed by atoms with van der Waals surface area (Å²) in [5.74, 6) is -0.122. The Bertz CT molecular complexity index is 418. The van der Waals surface area contributed by atoms with E-state index in [4.69, 9.17) is 0 Å². The lowest BCUT2D eigenvalue weighted by atomic mass is 10.1. The SMILES string of the molecule is CCCN1CC(C(=O)N2CCN(C(=O)OC)CC2)CC1=O. The van der Waals surface area contributed by atoms with Crippen LogP contribution in [-0.4, -0.2) is 79.0 Å². The number of nitrogens with zero attached hydrogens (tertiary/aromatic N) is 3. The summed E-state index contributed by atoms with van der Waals surface area (Å²) in [6.45, 7) is 5.25. The molecule has 0 radical (unpaired) electrons. The third-order valence-corrected chi connectivity index (χ3v) is 4.08. The van der Waals surface area contributed by atoms with Crippen molar-refractivity contribution in [2.24, 2.45) is 5.92 Å². The minimum Gasteiger partial charge on any atom is -0.453 e. The minimum absolute atomic E-state index is 0.0338. The second-order valence-corrected chi connectivity index (χ2v) is 5.52. The van der Waals surface area contributed by atoms with Crippen LogP contribution >= 0.6 is 0 Å². The van der Waals surface area contributed by atoms with Crippen LogP contribution in [0.15, 0.2) is 0 Å². The zero-order chi connectivity index (χ0) is 15.4. The molecule has 3 amide bonds. The lowest BCUT2D eigenvalue weighted by molar-refractivity contribution is -0.137. The van der Waals surface area contributed by atoms with E-state index in [9.17, 15) is 14.4 Å². The number of carbonyl (C=O) groups is 3. The molecule has 2 aliphatic heterocycles. The summed E-state index contributed by atoms with van der Waals surface area (Å²) < 4.78 is 4.67. The van der Waals surface area contributed by atoms with E-state index in [1.807, 2.05) is 6.92 Å². The van der Waals surface area contributed by atoms with Gasteiger partial charge in [-0.25, -0.2) is 4.79 Å². The number of hydrogen-bond donors (Lipinski definition) is 0. The van der Waals surface area contributed by atoms with E-state index in [2.05, 4.69) is 4.74 Å². The maximum Gasteiger partial charge on any atom is 0.409 e. The van der Waals surface area contributed by atoms with Crippen LogP contribution in [0.2, 0.25) is 0 Å². The predicted octanol–water partition coefficient (Wildman–Crippen LogP) is 0.156. The van der Waals surface area contributed by atoms with Gasteiger partial charge in [-0.2, -0.15) is 0 Å². The number of rotatable bonds is 3. The molecular weight excluding hydrogens is 274 g/mol. The largest absolute Gasteiger partial charge is 0.453 e. The Balaban J connectivity index is 1.85. The molecule has 2 rings (SSSR count). The van der Waals surface area contributed by atoms with Crippen molar-refractivity contribution in [1.29, 1.82) is 0 Å². The molecule has 0 spiro atoms. The molecule has 2 heterocycles. The molecule has 1 unspecified atom stereocenters. The second-order valence-electron chi connectivity index (χ2n) is 5.52. The Hall–Kier alpha value is -1.79. The van der Waals surface area contributed by atoms with Crippen LogP contribution in [-0.2, 0) is 14.3 Å². The van der Waals surface area contributed by atoms with Crippen molar-refractivity contribution >= 4 is 17.9 Å². The molecule has 0 aromatic carbocycles. The van der Waals surface area contributed by atoms with Gasteiger partial charge in [0, 0.05) is 45.7 Å². The molecule has 118 valence electrons. The van der Waals surface area contributed by atoms with E-state index in [-0.39, 0.29) is 23.8 Å². The van der Waals surface area contributed by atoms with Gasteiger partial charge in [0.25, 0.3) is 0 Å². The Morgan fingerprint density at radius 2 is 1.81 bits per heavy atom. The monoisotopic (exact) mass is 297 g/mol. The fraction of sp³-hybridized carbons (Fsp3) is 0.786. The Morgan fingerprint density at radius 3 is 2.38 bits per heavy atom. The summed E-state index contributed by atoms with van der Waals surface area (Å²) in [6.07, 6.45) is 0.868. The Kier molecular flexibility index (Phi) is 5.03. The van der Waals surface area contributed by atoms with Gasteiger partial charge >= 0.3 is 6.09 Å². The van der Waals surface area contributed by atoms with Crippen LogP contribution < -0.4 is 0 Å². The summed E-state index contributed by atoms with van der Waals surface area (Å²) in [5, 5.41) is 0. The normalized spacial score (nSPS) is 22.7. The van der Waals surface area contributed by atoms with Gasteiger partial charge < -0.3 is 19.4 Å². The van der Waals surface area contributed by atoms with Crippen LogP contribution in [0.1, 0.15) is 19.8 Å². The quantitative estimate of drug-likeness (QED) is 0.744. The second kappa shape index (κ2) is 6.78. The highest BCUT2D eigenvalue weighted by atomic mass is 16.5. The van der Waals surface area contributed by atoms with Crippen molar-refractivity contribution in [3.63, 3.8) is 0 Å². The van der Waals surface area contributed by atoms with Crippen molar-refractivity contribution in [2.45, 2.75) is 19.8 Å². The van der Waals surface area contributed by atoms with Crippen molar-refractivity contribution in [2.75, 3.05) is 46.4 Å². The molecule has 0 saturated carbocycles. The zero-order valence-corrected chi connectivity index (χ0v) is 12.7. The molecule has 2 saturated heterocycles. The smallest absolute Gasteiger partial charge is 0.409 e. The number of piperazine rings is 1. The van der Waals surface area contributed by atoms with Crippen molar-refractivity contribution in [3.8, 4) is 0 Å². The standard InChI is InChI=1S/C14H23N3O4/c1-3-4-17-10-11(9-12(17)18)13(19)15-5-7-16(8-6-15)14(20)21-2/h11H,3-10H2,1-2H3. The summed E-state index contributed by atoms with van der Waals surface area (Å²) in [4.78, 5) is 40.8. The molecule has 0 aromatic heterocycles. The van der Waals surface area contributed by atoms with Gasteiger partial charge in [-0.05, 0) is 6.42 Å². The maximum atomic E-state index is 12.5. The van der Waals surface area contributed by atoms with E-state index in [1.54, 1.807) is 14.7 Å². The highest BCUT2D eigenvalue weighted by Crippen LogP contribution is 2.21. The van der Waals surface area contributed by atoms with Crippen molar-refractivity contribution in [1.82, 2.24) is 14.7 Å². The zero-order valence-electron chi connectivity index (χ0n) is 12.7. The van der Waals surface area contributed by atoms with Gasteiger partial charge in [0.05, 0.1) is 13.0 Å². The molecule has 0 aliphatic carbocycles. The lowest BCUT2D eigenvalue weighted by Gasteiger charge is -2.35. The van der Waals surface area contributed by atoms with Gasteiger partial charge in [-0.1, -0.05) is 6.92 Å². The molecule has 7 nitrogen and oxygen atoms in total. The summed E-state index contributed by atoms with van der Waals surface area (Å²) >= 11 is 0. The van der Waals surface area contributed by atoms with E-state index in [1.165, 1.54) is 7.11 Å². The molecule has 2 fully saturated rings. The molecule has 21 heavy (non-hydrogen) atoms. The third-order valence-electron chi connectivity index (χ3n) is 4.08. The van der Waals surface area contributed by atoms with Crippen LogP contribution in [0.4, 0.5) is 4.79 Å². The van der Waals surface area contributed by atoms with Gasteiger partial charge in [0.15, 0.2) is 0 Å². The first kappa shape index (κ1) is 15.6. The molecule has 7 heteroatoms. The van der Waals surface area contributed by atoms with Crippen LogP contribution in [0.25, 0.3) is 0 Å². The summed E-state index contributed by atoms with van der Waals surface area (Å²) in [5.41, 5.74) is 0. The molecule has 1 atom stereocenters. The predicted molar refractivity (Wildman–Crippen MR) is 75.5 cm³/mol. The van der Waals surface area contributed by atoms with E-state index < -0.39 is 0 Å². The first-order chi connectivity index (χ1) is 10.1. The summed E-state index contributed by atoms with van der Waals surface area (Å²) in [7, 11) is 1.35. The number of ether oxygens (including phenoxy) is 1. The average Bonchev–Trinajstić information content (AvgIpc) is 2.87. The lowest BCUT2D eigenvalue weighted by Crippen LogP contribution is -2.52.